The van der Waals surface area contributed by atoms with Gasteiger partial charge in [0.25, 0.3) is 0 Å². The first-order chi connectivity index (χ1) is 11.6. The standard InChI is InChI=1S/C19H26N2O3/c1-3-23-17-10-15-6-4-5-14(15)9-16(17)11-21-8-7-19(13-21)12-20(2)18(22)24-19/h9-10H,3-8,11-13H2,1-2H3/t19-/m1/s1. The van der Waals surface area contributed by atoms with Crippen molar-refractivity contribution in [3.8, 4) is 5.75 Å². The van der Waals surface area contributed by atoms with Gasteiger partial charge in [-0.25, -0.2) is 4.79 Å². The minimum Gasteiger partial charge on any atom is -0.494 e. The van der Waals surface area contributed by atoms with Crippen LogP contribution in [0.15, 0.2) is 12.1 Å². The summed E-state index contributed by atoms with van der Waals surface area (Å²) in [6, 6.07) is 4.58. The Kier molecular flexibility index (Phi) is 3.91. The highest BCUT2D eigenvalue weighted by molar-refractivity contribution is 5.70. The summed E-state index contributed by atoms with van der Waals surface area (Å²) in [5, 5.41) is 0. The molecule has 1 aromatic carbocycles. The molecule has 0 aromatic heterocycles. The van der Waals surface area contributed by atoms with Crippen molar-refractivity contribution in [1.82, 2.24) is 9.80 Å². The zero-order valence-corrected chi connectivity index (χ0v) is 14.6. The Bertz CT molecular complexity index is 660. The second kappa shape index (κ2) is 5.96. The van der Waals surface area contributed by atoms with Crippen molar-refractivity contribution in [2.75, 3.05) is 33.3 Å². The number of likely N-dealkylation sites (tertiary alicyclic amines) is 1. The monoisotopic (exact) mass is 330 g/mol. The van der Waals surface area contributed by atoms with Crippen LogP contribution in [0.25, 0.3) is 0 Å². The number of ether oxygens (including phenoxy) is 2. The van der Waals surface area contributed by atoms with Crippen LogP contribution in [0, 0.1) is 0 Å². The third-order valence-electron chi connectivity index (χ3n) is 5.50. The molecule has 2 aliphatic heterocycles. The van der Waals surface area contributed by atoms with Crippen LogP contribution in [0.1, 0.15) is 36.5 Å². The Labute approximate surface area is 143 Å². The Morgan fingerprint density at radius 1 is 1.25 bits per heavy atom. The molecule has 1 atom stereocenters. The lowest BCUT2D eigenvalue weighted by Gasteiger charge is -2.23. The predicted molar refractivity (Wildman–Crippen MR) is 91.4 cm³/mol. The zero-order chi connectivity index (χ0) is 16.7. The van der Waals surface area contributed by atoms with Gasteiger partial charge in [-0.05, 0) is 43.4 Å². The van der Waals surface area contributed by atoms with E-state index in [9.17, 15) is 4.79 Å². The fourth-order valence-corrected chi connectivity index (χ4v) is 4.37. The van der Waals surface area contributed by atoms with Crippen LogP contribution in [-0.2, 0) is 24.1 Å². The second-order valence-corrected chi connectivity index (χ2v) is 7.38. The topological polar surface area (TPSA) is 42.0 Å². The molecule has 0 saturated carbocycles. The summed E-state index contributed by atoms with van der Waals surface area (Å²) < 4.78 is 11.6. The van der Waals surface area contributed by atoms with Crippen LogP contribution < -0.4 is 4.74 Å². The van der Waals surface area contributed by atoms with E-state index in [0.29, 0.717) is 13.2 Å². The molecule has 130 valence electrons. The van der Waals surface area contributed by atoms with E-state index >= 15 is 0 Å². The van der Waals surface area contributed by atoms with Crippen molar-refractivity contribution < 1.29 is 14.3 Å². The van der Waals surface area contributed by atoms with Gasteiger partial charge in [0.1, 0.15) is 11.4 Å². The fraction of sp³-hybridized carbons (Fsp3) is 0.632. The first-order valence-corrected chi connectivity index (χ1v) is 9.02. The van der Waals surface area contributed by atoms with Gasteiger partial charge >= 0.3 is 6.09 Å². The lowest BCUT2D eigenvalue weighted by Crippen LogP contribution is -2.37. The van der Waals surface area contributed by atoms with Gasteiger partial charge < -0.3 is 14.4 Å². The smallest absolute Gasteiger partial charge is 0.410 e. The molecule has 2 saturated heterocycles. The van der Waals surface area contributed by atoms with Gasteiger partial charge in [-0.1, -0.05) is 6.07 Å². The summed E-state index contributed by atoms with van der Waals surface area (Å²) in [6.07, 6.45) is 4.33. The number of fused-ring (bicyclic) bond motifs is 1. The first kappa shape index (κ1) is 15.8. The number of benzene rings is 1. The number of rotatable bonds is 4. The summed E-state index contributed by atoms with van der Waals surface area (Å²) in [5.74, 6) is 1.03. The minimum absolute atomic E-state index is 0.190. The number of amides is 1. The molecule has 0 radical (unpaired) electrons. The molecule has 5 nitrogen and oxygen atoms in total. The molecular weight excluding hydrogens is 304 g/mol. The Morgan fingerprint density at radius 3 is 2.75 bits per heavy atom. The van der Waals surface area contributed by atoms with Gasteiger partial charge in [0.05, 0.1) is 13.2 Å². The molecule has 2 fully saturated rings. The molecule has 1 aliphatic carbocycles. The number of carbonyl (C=O) groups is 1. The summed E-state index contributed by atoms with van der Waals surface area (Å²) in [5.41, 5.74) is 3.89. The van der Waals surface area contributed by atoms with Crippen LogP contribution in [0.3, 0.4) is 0 Å². The van der Waals surface area contributed by atoms with E-state index in [0.717, 1.165) is 31.8 Å². The summed E-state index contributed by atoms with van der Waals surface area (Å²) >= 11 is 0. The molecule has 1 spiro atoms. The van der Waals surface area contributed by atoms with Crippen LogP contribution in [0.5, 0.6) is 5.75 Å². The molecular formula is C19H26N2O3. The molecule has 4 rings (SSSR count). The number of likely N-dealkylation sites (N-methyl/N-ethyl adjacent to an activating group) is 1. The number of nitrogens with zero attached hydrogens (tertiary/aromatic N) is 2. The summed E-state index contributed by atoms with van der Waals surface area (Å²) in [7, 11) is 1.81. The number of hydrogen-bond acceptors (Lipinski definition) is 4. The van der Waals surface area contributed by atoms with Crippen LogP contribution >= 0.6 is 0 Å². The van der Waals surface area contributed by atoms with Gasteiger partial charge in [0.2, 0.25) is 0 Å². The molecule has 3 aliphatic rings. The minimum atomic E-state index is -0.311. The van der Waals surface area contributed by atoms with E-state index in [1.54, 1.807) is 4.90 Å². The van der Waals surface area contributed by atoms with Crippen molar-refractivity contribution in [2.45, 2.75) is 44.8 Å². The highest BCUT2D eigenvalue weighted by Gasteiger charge is 2.48. The van der Waals surface area contributed by atoms with E-state index in [1.165, 1.54) is 36.0 Å². The molecule has 0 unspecified atom stereocenters. The molecule has 24 heavy (non-hydrogen) atoms. The maximum absolute atomic E-state index is 11.7. The lowest BCUT2D eigenvalue weighted by atomic mass is 10.0. The Morgan fingerprint density at radius 2 is 2.04 bits per heavy atom. The van der Waals surface area contributed by atoms with E-state index in [2.05, 4.69) is 17.0 Å². The number of aryl methyl sites for hydroxylation is 2. The van der Waals surface area contributed by atoms with Crippen molar-refractivity contribution in [3.05, 3.63) is 28.8 Å². The zero-order valence-electron chi connectivity index (χ0n) is 14.6. The van der Waals surface area contributed by atoms with E-state index in [-0.39, 0.29) is 11.7 Å². The predicted octanol–water partition coefficient (Wildman–Crippen LogP) is 2.60. The van der Waals surface area contributed by atoms with Gasteiger partial charge in [-0.3, -0.25) is 4.90 Å². The third-order valence-corrected chi connectivity index (χ3v) is 5.50. The van der Waals surface area contributed by atoms with Crippen molar-refractivity contribution >= 4 is 6.09 Å². The molecule has 2 heterocycles. The van der Waals surface area contributed by atoms with Gasteiger partial charge in [0.15, 0.2) is 0 Å². The maximum Gasteiger partial charge on any atom is 0.410 e. The van der Waals surface area contributed by atoms with E-state index < -0.39 is 0 Å². The summed E-state index contributed by atoms with van der Waals surface area (Å²) in [6.45, 7) is 6.07. The summed E-state index contributed by atoms with van der Waals surface area (Å²) in [4.78, 5) is 15.8. The normalized spacial score (nSPS) is 26.2. The average Bonchev–Trinajstić information content (AvgIpc) is 3.21. The van der Waals surface area contributed by atoms with Gasteiger partial charge in [0, 0.05) is 38.7 Å². The second-order valence-electron chi connectivity index (χ2n) is 7.38. The number of carbonyl (C=O) groups excluding carboxylic acids is 1. The molecule has 1 amide bonds. The van der Waals surface area contributed by atoms with Crippen LogP contribution in [-0.4, -0.2) is 54.8 Å². The van der Waals surface area contributed by atoms with Crippen LogP contribution in [0.2, 0.25) is 0 Å². The average molecular weight is 330 g/mol. The highest BCUT2D eigenvalue weighted by atomic mass is 16.6. The van der Waals surface area contributed by atoms with Crippen molar-refractivity contribution in [2.24, 2.45) is 0 Å². The van der Waals surface area contributed by atoms with Crippen molar-refractivity contribution in [1.29, 1.82) is 0 Å². The quantitative estimate of drug-likeness (QED) is 0.851. The first-order valence-electron chi connectivity index (χ1n) is 9.02. The Hall–Kier alpha value is -1.75. The SMILES string of the molecule is CCOc1cc2c(cc1CN1CC[C@]3(C1)CN(C)C(=O)O3)CCC2. The maximum atomic E-state index is 11.7. The number of hydrogen-bond donors (Lipinski definition) is 0. The van der Waals surface area contributed by atoms with Gasteiger partial charge in [-0.2, -0.15) is 0 Å². The lowest BCUT2D eigenvalue weighted by molar-refractivity contribution is 0.0626. The van der Waals surface area contributed by atoms with Gasteiger partial charge in [-0.15, -0.1) is 0 Å². The largest absolute Gasteiger partial charge is 0.494 e. The van der Waals surface area contributed by atoms with E-state index in [1.807, 2.05) is 14.0 Å². The molecule has 0 bridgehead atoms. The molecule has 1 aromatic rings. The van der Waals surface area contributed by atoms with Crippen molar-refractivity contribution in [3.63, 3.8) is 0 Å². The van der Waals surface area contributed by atoms with E-state index in [4.69, 9.17) is 9.47 Å². The fourth-order valence-electron chi connectivity index (χ4n) is 4.37. The third kappa shape index (κ3) is 2.75. The Balaban J connectivity index is 1.51. The molecule has 5 heteroatoms. The van der Waals surface area contributed by atoms with Crippen LogP contribution in [0.4, 0.5) is 4.79 Å². The molecule has 0 N–H and O–H groups in total. The highest BCUT2D eigenvalue weighted by Crippen LogP contribution is 2.35.